The molecule has 2 unspecified atom stereocenters. The molecule has 0 aliphatic heterocycles. The van der Waals surface area contributed by atoms with Gasteiger partial charge in [-0.25, -0.2) is 0 Å². The summed E-state index contributed by atoms with van der Waals surface area (Å²) in [6.07, 6.45) is 3.69. The van der Waals surface area contributed by atoms with E-state index in [-0.39, 0.29) is 6.10 Å². The van der Waals surface area contributed by atoms with Crippen LogP contribution < -0.4 is 0 Å². The maximum atomic E-state index is 10.2. The summed E-state index contributed by atoms with van der Waals surface area (Å²) in [5, 5.41) is 10.2. The molecular weight excluding hydrogens is 232 g/mol. The molecule has 0 radical (unpaired) electrons. The van der Waals surface area contributed by atoms with Crippen molar-refractivity contribution >= 4 is 0 Å². The Hall–Kier alpha value is -1.60. The van der Waals surface area contributed by atoms with Crippen LogP contribution in [-0.2, 0) is 12.8 Å². The van der Waals surface area contributed by atoms with Crippen LogP contribution in [0.4, 0.5) is 0 Å². The first-order valence-corrected chi connectivity index (χ1v) is 7.13. The second-order valence-corrected chi connectivity index (χ2v) is 5.51. The lowest BCUT2D eigenvalue weighted by Gasteiger charge is -2.31. The fourth-order valence-corrected chi connectivity index (χ4v) is 3.00. The van der Waals surface area contributed by atoms with Crippen molar-refractivity contribution in [3.8, 4) is 0 Å². The third kappa shape index (κ3) is 2.87. The number of hydrogen-bond acceptors (Lipinski definition) is 1. The monoisotopic (exact) mass is 252 g/mol. The molecule has 0 heterocycles. The van der Waals surface area contributed by atoms with Gasteiger partial charge in [0.15, 0.2) is 0 Å². The maximum Gasteiger partial charge on any atom is 0.0549 e. The van der Waals surface area contributed by atoms with E-state index in [0.29, 0.717) is 5.92 Å². The van der Waals surface area contributed by atoms with E-state index in [1.54, 1.807) is 0 Å². The standard InChI is InChI=1S/C18H20O/c19-17(11-10-14-6-2-1-3-7-14)13-16-12-15-8-4-5-9-18(15)16/h1-9,16-17,19H,10-13H2. The van der Waals surface area contributed by atoms with Gasteiger partial charge in [0, 0.05) is 0 Å². The average molecular weight is 252 g/mol. The van der Waals surface area contributed by atoms with E-state index in [1.165, 1.54) is 16.7 Å². The molecule has 3 rings (SSSR count). The minimum absolute atomic E-state index is 0.182. The van der Waals surface area contributed by atoms with Crippen molar-refractivity contribution in [2.75, 3.05) is 0 Å². The van der Waals surface area contributed by atoms with Gasteiger partial charge in [0.05, 0.1) is 6.10 Å². The number of aryl methyl sites for hydroxylation is 1. The first kappa shape index (κ1) is 12.4. The van der Waals surface area contributed by atoms with Crippen LogP contribution in [0.5, 0.6) is 0 Å². The van der Waals surface area contributed by atoms with Gasteiger partial charge in [0.2, 0.25) is 0 Å². The maximum absolute atomic E-state index is 10.2. The zero-order chi connectivity index (χ0) is 13.1. The number of aliphatic hydroxyl groups is 1. The van der Waals surface area contributed by atoms with Crippen LogP contribution in [0.1, 0.15) is 35.4 Å². The van der Waals surface area contributed by atoms with E-state index in [0.717, 1.165) is 25.7 Å². The highest BCUT2D eigenvalue weighted by Crippen LogP contribution is 2.38. The second kappa shape index (κ2) is 5.58. The van der Waals surface area contributed by atoms with E-state index in [4.69, 9.17) is 0 Å². The molecule has 0 aromatic heterocycles. The quantitative estimate of drug-likeness (QED) is 0.860. The highest BCUT2D eigenvalue weighted by atomic mass is 16.3. The molecule has 1 N–H and O–H groups in total. The summed E-state index contributed by atoms with van der Waals surface area (Å²) < 4.78 is 0. The van der Waals surface area contributed by atoms with Gasteiger partial charge in [-0.2, -0.15) is 0 Å². The van der Waals surface area contributed by atoms with Gasteiger partial charge in [0.1, 0.15) is 0 Å². The van der Waals surface area contributed by atoms with Crippen LogP contribution in [0.25, 0.3) is 0 Å². The summed E-state index contributed by atoms with van der Waals surface area (Å²) in [5.41, 5.74) is 4.22. The molecule has 2 aromatic rings. The number of hydrogen-bond donors (Lipinski definition) is 1. The van der Waals surface area contributed by atoms with Crippen LogP contribution in [0.3, 0.4) is 0 Å². The Morgan fingerprint density at radius 2 is 1.74 bits per heavy atom. The van der Waals surface area contributed by atoms with E-state index in [1.807, 2.05) is 6.07 Å². The average Bonchev–Trinajstić information content (AvgIpc) is 2.44. The summed E-state index contributed by atoms with van der Waals surface area (Å²) in [5.74, 6) is 0.571. The molecule has 0 fully saturated rings. The predicted octanol–water partition coefficient (Wildman–Crippen LogP) is 3.71. The second-order valence-electron chi connectivity index (χ2n) is 5.51. The summed E-state index contributed by atoms with van der Waals surface area (Å²) in [6, 6.07) is 19.0. The molecule has 1 heteroatoms. The number of rotatable bonds is 5. The fraction of sp³-hybridized carbons (Fsp3) is 0.333. The molecule has 1 aliphatic carbocycles. The molecule has 0 saturated heterocycles. The van der Waals surface area contributed by atoms with Crippen molar-refractivity contribution in [2.45, 2.75) is 37.7 Å². The van der Waals surface area contributed by atoms with Crippen molar-refractivity contribution in [2.24, 2.45) is 0 Å². The van der Waals surface area contributed by atoms with Gasteiger partial charge in [-0.1, -0.05) is 54.6 Å². The highest BCUT2D eigenvalue weighted by molar-refractivity contribution is 5.39. The molecule has 0 amide bonds. The molecule has 2 atom stereocenters. The first-order valence-electron chi connectivity index (χ1n) is 7.13. The summed E-state index contributed by atoms with van der Waals surface area (Å²) in [6.45, 7) is 0. The van der Waals surface area contributed by atoms with Crippen LogP contribution in [0.15, 0.2) is 54.6 Å². The number of fused-ring (bicyclic) bond motifs is 1. The summed E-state index contributed by atoms with van der Waals surface area (Å²) >= 11 is 0. The van der Waals surface area contributed by atoms with Crippen molar-refractivity contribution in [1.29, 1.82) is 0 Å². The lowest BCUT2D eigenvalue weighted by molar-refractivity contribution is 0.142. The predicted molar refractivity (Wildman–Crippen MR) is 78.3 cm³/mol. The first-order chi connectivity index (χ1) is 9.33. The molecule has 0 spiro atoms. The highest BCUT2D eigenvalue weighted by Gasteiger charge is 2.27. The molecule has 98 valence electrons. The lowest BCUT2D eigenvalue weighted by Crippen LogP contribution is -2.22. The van der Waals surface area contributed by atoms with E-state index >= 15 is 0 Å². The molecule has 1 nitrogen and oxygen atoms in total. The molecular formula is C18H20O. The Kier molecular flexibility index (Phi) is 3.65. The SMILES string of the molecule is OC(CCc1ccccc1)CC1Cc2ccccc21. The van der Waals surface area contributed by atoms with Crippen molar-refractivity contribution in [3.63, 3.8) is 0 Å². The van der Waals surface area contributed by atoms with Crippen LogP contribution in [0.2, 0.25) is 0 Å². The molecule has 1 aliphatic rings. The normalized spacial score (nSPS) is 18.5. The third-order valence-electron chi connectivity index (χ3n) is 4.13. The topological polar surface area (TPSA) is 20.2 Å². The Bertz CT molecular complexity index is 532. The van der Waals surface area contributed by atoms with Gasteiger partial charge in [-0.05, 0) is 48.3 Å². The van der Waals surface area contributed by atoms with Crippen molar-refractivity contribution in [3.05, 3.63) is 71.3 Å². The fourth-order valence-electron chi connectivity index (χ4n) is 3.00. The Labute approximate surface area is 114 Å². The van der Waals surface area contributed by atoms with Crippen molar-refractivity contribution < 1.29 is 5.11 Å². The van der Waals surface area contributed by atoms with Crippen LogP contribution >= 0.6 is 0 Å². The van der Waals surface area contributed by atoms with Gasteiger partial charge in [-0.3, -0.25) is 0 Å². The van der Waals surface area contributed by atoms with E-state index in [9.17, 15) is 5.11 Å². The lowest BCUT2D eigenvalue weighted by atomic mass is 9.74. The van der Waals surface area contributed by atoms with Gasteiger partial charge >= 0.3 is 0 Å². The zero-order valence-electron chi connectivity index (χ0n) is 11.1. The zero-order valence-corrected chi connectivity index (χ0v) is 11.1. The van der Waals surface area contributed by atoms with Crippen molar-refractivity contribution in [1.82, 2.24) is 0 Å². The van der Waals surface area contributed by atoms with Crippen LogP contribution in [0, 0.1) is 0 Å². The Balaban J connectivity index is 1.49. The smallest absolute Gasteiger partial charge is 0.0549 e. The summed E-state index contributed by atoms with van der Waals surface area (Å²) in [4.78, 5) is 0. The van der Waals surface area contributed by atoms with Gasteiger partial charge in [0.25, 0.3) is 0 Å². The third-order valence-corrected chi connectivity index (χ3v) is 4.13. The van der Waals surface area contributed by atoms with Gasteiger partial charge < -0.3 is 5.11 Å². The Morgan fingerprint density at radius 3 is 2.53 bits per heavy atom. The van der Waals surface area contributed by atoms with E-state index in [2.05, 4.69) is 48.5 Å². The minimum atomic E-state index is -0.182. The molecule has 0 bridgehead atoms. The largest absolute Gasteiger partial charge is 0.393 e. The molecule has 2 aromatic carbocycles. The van der Waals surface area contributed by atoms with E-state index < -0.39 is 0 Å². The number of aliphatic hydroxyl groups excluding tert-OH is 1. The Morgan fingerprint density at radius 1 is 1.00 bits per heavy atom. The minimum Gasteiger partial charge on any atom is -0.393 e. The number of benzene rings is 2. The van der Waals surface area contributed by atoms with Gasteiger partial charge in [-0.15, -0.1) is 0 Å². The molecule has 0 saturated carbocycles. The molecule has 19 heavy (non-hydrogen) atoms. The van der Waals surface area contributed by atoms with Crippen LogP contribution in [-0.4, -0.2) is 11.2 Å². The summed E-state index contributed by atoms with van der Waals surface area (Å²) in [7, 11) is 0.